The monoisotopic (exact) mass is 257 g/mol. The predicted molar refractivity (Wildman–Crippen MR) is 74.8 cm³/mol. The van der Waals surface area contributed by atoms with E-state index in [2.05, 4.69) is 17.0 Å². The summed E-state index contributed by atoms with van der Waals surface area (Å²) in [6, 6.07) is 10.2. The number of piperidine rings is 1. The normalized spacial score (nSPS) is 18.4. The zero-order chi connectivity index (χ0) is 13.0. The minimum absolute atomic E-state index is 0. The number of carbonyl (C=O) groups excluding carboxylic acids is 1. The number of benzene rings is 1. The average Bonchev–Trinajstić information content (AvgIpc) is 2.33. The van der Waals surface area contributed by atoms with Gasteiger partial charge in [-0.05, 0) is 5.56 Å². The number of hydrogen-bond donors (Lipinski definition) is 1. The minimum atomic E-state index is -1.26. The van der Waals surface area contributed by atoms with Crippen molar-refractivity contribution in [2.24, 2.45) is 0 Å². The Bertz CT molecular complexity index is 402. The number of nitrogens with zero attached hydrogens (tertiary/aromatic N) is 1. The molecule has 0 aliphatic carbocycles. The fourth-order valence-electron chi connectivity index (χ4n) is 2.27. The van der Waals surface area contributed by atoms with Gasteiger partial charge in [0.15, 0.2) is 0 Å². The third kappa shape index (κ3) is 5.00. The van der Waals surface area contributed by atoms with E-state index in [4.69, 9.17) is 4.74 Å². The van der Waals surface area contributed by atoms with E-state index in [0.29, 0.717) is 12.8 Å². The number of likely N-dealkylation sites (tertiary alicyclic amines) is 1. The molecule has 1 fully saturated rings. The van der Waals surface area contributed by atoms with Crippen molar-refractivity contribution in [1.29, 1.82) is 0 Å². The first-order valence-corrected chi connectivity index (χ1v) is 6.26. The molecular weight excluding hydrogens is 237 g/mol. The quantitative estimate of drug-likeness (QED) is 0.496. The molecular formula is C14H20LiNO3. The second-order valence-corrected chi connectivity index (χ2v) is 4.80. The maximum absolute atomic E-state index is 10.9. The summed E-state index contributed by atoms with van der Waals surface area (Å²) < 4.78 is 4.97. The van der Waals surface area contributed by atoms with Gasteiger partial charge in [-0.15, -0.1) is 0 Å². The number of hydrogen-bond acceptors (Lipinski definition) is 4. The Kier molecular flexibility index (Phi) is 6.09. The molecule has 0 spiro atoms. The molecule has 1 N–H and O–H groups in total. The number of aliphatic hydroxyl groups is 1. The summed E-state index contributed by atoms with van der Waals surface area (Å²) in [6.07, 6.45) is 0.943. The maximum atomic E-state index is 10.9. The van der Waals surface area contributed by atoms with Gasteiger partial charge in [0.2, 0.25) is 5.79 Å². The van der Waals surface area contributed by atoms with Crippen molar-refractivity contribution in [3.05, 3.63) is 35.9 Å². The molecule has 1 aromatic carbocycles. The number of ether oxygens (including phenoxy) is 1. The van der Waals surface area contributed by atoms with Gasteiger partial charge in [-0.1, -0.05) is 30.3 Å². The molecule has 0 bridgehead atoms. The standard InChI is InChI=1S/C14H19NO3.Li.H/c1-12(16)18-14(17)7-9-15(10-8-14)11-13-5-3-2-4-6-13;;/h2-6,17H,7-11H2,1H3;;. The Hall–Kier alpha value is -0.793. The van der Waals surface area contributed by atoms with Crippen molar-refractivity contribution < 1.29 is 14.6 Å². The number of esters is 1. The second-order valence-electron chi connectivity index (χ2n) is 4.80. The molecule has 0 aromatic heterocycles. The summed E-state index contributed by atoms with van der Waals surface area (Å²) in [6.45, 7) is 3.67. The summed E-state index contributed by atoms with van der Waals surface area (Å²) in [5.74, 6) is -1.69. The van der Waals surface area contributed by atoms with E-state index in [1.165, 1.54) is 12.5 Å². The molecule has 4 nitrogen and oxygen atoms in total. The molecule has 0 amide bonds. The van der Waals surface area contributed by atoms with Gasteiger partial charge in [-0.25, -0.2) is 0 Å². The second kappa shape index (κ2) is 7.11. The Morgan fingerprint density at radius 1 is 1.32 bits per heavy atom. The molecule has 1 aromatic rings. The van der Waals surface area contributed by atoms with Gasteiger partial charge in [-0.3, -0.25) is 9.69 Å². The molecule has 19 heavy (non-hydrogen) atoms. The van der Waals surface area contributed by atoms with Crippen molar-refractivity contribution in [3.63, 3.8) is 0 Å². The average molecular weight is 257 g/mol. The molecule has 1 aliphatic heterocycles. The van der Waals surface area contributed by atoms with Crippen molar-refractivity contribution >= 4 is 24.8 Å². The van der Waals surface area contributed by atoms with Crippen LogP contribution in [0.2, 0.25) is 0 Å². The van der Waals surface area contributed by atoms with Crippen LogP contribution in [0.1, 0.15) is 25.3 Å². The molecule has 100 valence electrons. The summed E-state index contributed by atoms with van der Waals surface area (Å²) in [7, 11) is 0. The van der Waals surface area contributed by atoms with Gasteiger partial charge in [0.1, 0.15) is 0 Å². The van der Waals surface area contributed by atoms with Crippen LogP contribution >= 0.6 is 0 Å². The molecule has 1 heterocycles. The topological polar surface area (TPSA) is 49.8 Å². The van der Waals surface area contributed by atoms with Crippen LogP contribution in [0.3, 0.4) is 0 Å². The van der Waals surface area contributed by atoms with Crippen LogP contribution in [0.15, 0.2) is 30.3 Å². The van der Waals surface area contributed by atoms with E-state index < -0.39 is 11.8 Å². The zero-order valence-corrected chi connectivity index (χ0v) is 10.6. The van der Waals surface area contributed by atoms with Crippen LogP contribution in [0, 0.1) is 0 Å². The molecule has 5 heteroatoms. The fraction of sp³-hybridized carbons (Fsp3) is 0.500. The number of carbonyl (C=O) groups is 1. The Morgan fingerprint density at radius 2 is 1.89 bits per heavy atom. The first-order valence-electron chi connectivity index (χ1n) is 6.26. The Balaban J connectivity index is 0.00000180. The van der Waals surface area contributed by atoms with Crippen LogP contribution in [0.4, 0.5) is 0 Å². The van der Waals surface area contributed by atoms with Crippen molar-refractivity contribution in [1.82, 2.24) is 4.90 Å². The first kappa shape index (κ1) is 16.3. The van der Waals surface area contributed by atoms with E-state index in [1.54, 1.807) is 0 Å². The van der Waals surface area contributed by atoms with Gasteiger partial charge >= 0.3 is 24.8 Å². The summed E-state index contributed by atoms with van der Waals surface area (Å²) in [5, 5.41) is 10.1. The Labute approximate surface area is 125 Å². The Morgan fingerprint density at radius 3 is 2.42 bits per heavy atom. The van der Waals surface area contributed by atoms with E-state index in [0.717, 1.165) is 19.6 Å². The molecule has 0 saturated carbocycles. The van der Waals surface area contributed by atoms with Crippen LogP contribution in [-0.4, -0.2) is 53.7 Å². The molecule has 0 atom stereocenters. The van der Waals surface area contributed by atoms with Crippen molar-refractivity contribution in [2.45, 2.75) is 32.1 Å². The van der Waals surface area contributed by atoms with Crippen LogP contribution < -0.4 is 0 Å². The molecule has 1 aliphatic rings. The number of rotatable bonds is 3. The molecule has 0 unspecified atom stereocenters. The van der Waals surface area contributed by atoms with Gasteiger partial charge in [-0.2, -0.15) is 0 Å². The molecule has 2 rings (SSSR count). The van der Waals surface area contributed by atoms with Crippen molar-refractivity contribution in [2.75, 3.05) is 13.1 Å². The van der Waals surface area contributed by atoms with E-state index in [1.807, 2.05) is 18.2 Å². The third-order valence-electron chi connectivity index (χ3n) is 3.22. The molecule has 1 saturated heterocycles. The van der Waals surface area contributed by atoms with Crippen molar-refractivity contribution in [3.8, 4) is 0 Å². The third-order valence-corrected chi connectivity index (χ3v) is 3.22. The van der Waals surface area contributed by atoms with Crippen LogP contribution in [-0.2, 0) is 16.1 Å². The zero-order valence-electron chi connectivity index (χ0n) is 10.6. The summed E-state index contributed by atoms with van der Waals surface area (Å²) in [5.41, 5.74) is 1.26. The SMILES string of the molecule is CC(=O)OC1(O)CCN(Cc2ccccc2)CC1.[LiH]. The van der Waals surface area contributed by atoms with E-state index in [9.17, 15) is 9.90 Å². The van der Waals surface area contributed by atoms with Crippen LogP contribution in [0.25, 0.3) is 0 Å². The van der Waals surface area contributed by atoms with E-state index >= 15 is 0 Å². The summed E-state index contributed by atoms with van der Waals surface area (Å²) >= 11 is 0. The molecule has 0 radical (unpaired) electrons. The predicted octanol–water partition coefficient (Wildman–Crippen LogP) is 0.886. The van der Waals surface area contributed by atoms with Gasteiger partial charge in [0, 0.05) is 39.4 Å². The van der Waals surface area contributed by atoms with E-state index in [-0.39, 0.29) is 18.9 Å². The van der Waals surface area contributed by atoms with Gasteiger partial charge < -0.3 is 9.84 Å². The van der Waals surface area contributed by atoms with Gasteiger partial charge in [0.05, 0.1) is 0 Å². The van der Waals surface area contributed by atoms with Crippen LogP contribution in [0.5, 0.6) is 0 Å². The first-order chi connectivity index (χ1) is 8.57. The van der Waals surface area contributed by atoms with Gasteiger partial charge in [0.25, 0.3) is 0 Å². The fourth-order valence-corrected chi connectivity index (χ4v) is 2.27. The summed E-state index contributed by atoms with van der Waals surface area (Å²) in [4.78, 5) is 13.2.